The third-order valence-electron chi connectivity index (χ3n) is 1.95. The Kier molecular flexibility index (Phi) is 4.51. The summed E-state index contributed by atoms with van der Waals surface area (Å²) in [6.07, 6.45) is 1.59. The van der Waals surface area contributed by atoms with Crippen LogP contribution in [-0.4, -0.2) is 39.9 Å². The zero-order chi connectivity index (χ0) is 12.0. The minimum absolute atomic E-state index is 0.0220. The fraction of sp³-hybridized carbons (Fsp3) is 0.444. The van der Waals surface area contributed by atoms with Gasteiger partial charge in [0.25, 0.3) is 0 Å². The van der Waals surface area contributed by atoms with E-state index in [-0.39, 0.29) is 5.75 Å². The van der Waals surface area contributed by atoms with E-state index < -0.39 is 10.0 Å². The highest BCUT2D eigenvalue weighted by molar-refractivity contribution is 7.89. The number of hydrogen-bond acceptors (Lipinski definition) is 5. The van der Waals surface area contributed by atoms with Gasteiger partial charge in [-0.25, -0.2) is 18.1 Å². The zero-order valence-corrected chi connectivity index (χ0v) is 10.0. The van der Waals surface area contributed by atoms with Gasteiger partial charge in [0.2, 0.25) is 15.9 Å². The number of sulfonamides is 1. The predicted octanol–water partition coefficient (Wildman–Crippen LogP) is 0.0513. The summed E-state index contributed by atoms with van der Waals surface area (Å²) in [5.41, 5.74) is 0.776. The summed E-state index contributed by atoms with van der Waals surface area (Å²) in [5.74, 6) is 0.509. The molecule has 2 N–H and O–H groups in total. The summed E-state index contributed by atoms with van der Waals surface area (Å²) < 4.78 is 29.4. The summed E-state index contributed by atoms with van der Waals surface area (Å²) in [4.78, 5) is 3.94. The molecule has 0 aliphatic heterocycles. The maximum atomic E-state index is 11.1. The van der Waals surface area contributed by atoms with Crippen LogP contribution in [0.1, 0.15) is 0 Å². The number of hydrogen-bond donors (Lipinski definition) is 2. The molecule has 0 unspecified atom stereocenters. The van der Waals surface area contributed by atoms with Crippen LogP contribution in [0.5, 0.6) is 5.88 Å². The van der Waals surface area contributed by atoms with Gasteiger partial charge in [0, 0.05) is 24.5 Å². The van der Waals surface area contributed by atoms with Crippen molar-refractivity contribution in [2.24, 2.45) is 0 Å². The Morgan fingerprint density at radius 2 is 2.25 bits per heavy atom. The fourth-order valence-corrected chi connectivity index (χ4v) is 1.64. The highest BCUT2D eigenvalue weighted by Crippen LogP contribution is 2.12. The van der Waals surface area contributed by atoms with Crippen LogP contribution in [0.25, 0.3) is 0 Å². The van der Waals surface area contributed by atoms with E-state index in [0.29, 0.717) is 12.4 Å². The lowest BCUT2D eigenvalue weighted by atomic mass is 10.4. The van der Waals surface area contributed by atoms with Gasteiger partial charge in [0.15, 0.2) is 0 Å². The summed E-state index contributed by atoms with van der Waals surface area (Å²) >= 11 is 0. The Balaban J connectivity index is 2.49. The summed E-state index contributed by atoms with van der Waals surface area (Å²) in [6, 6.07) is 3.44. The average Bonchev–Trinajstić information content (AvgIpc) is 2.29. The quantitative estimate of drug-likeness (QED) is 0.740. The lowest BCUT2D eigenvalue weighted by Crippen LogP contribution is -2.26. The minimum atomic E-state index is -3.16. The molecule has 0 atom stereocenters. The van der Waals surface area contributed by atoms with E-state index in [9.17, 15) is 8.42 Å². The van der Waals surface area contributed by atoms with Crippen LogP contribution in [0.2, 0.25) is 0 Å². The first-order chi connectivity index (χ1) is 7.57. The number of nitrogens with zero attached hydrogens (tertiary/aromatic N) is 1. The topological polar surface area (TPSA) is 80.3 Å². The monoisotopic (exact) mass is 245 g/mol. The molecule has 90 valence electrons. The van der Waals surface area contributed by atoms with Gasteiger partial charge in [-0.2, -0.15) is 0 Å². The maximum Gasteiger partial charge on any atom is 0.214 e. The molecule has 0 radical (unpaired) electrons. The molecular formula is C9H15N3O3S. The van der Waals surface area contributed by atoms with Crippen LogP contribution in [0, 0.1) is 0 Å². The van der Waals surface area contributed by atoms with Crippen molar-refractivity contribution in [1.29, 1.82) is 0 Å². The second-order valence-corrected chi connectivity index (χ2v) is 5.08. The number of aromatic nitrogens is 1. The molecule has 0 amide bonds. The van der Waals surface area contributed by atoms with Crippen LogP contribution in [0.3, 0.4) is 0 Å². The van der Waals surface area contributed by atoms with Gasteiger partial charge in [-0.15, -0.1) is 0 Å². The second kappa shape index (κ2) is 5.66. The van der Waals surface area contributed by atoms with Gasteiger partial charge in [-0.1, -0.05) is 0 Å². The molecule has 0 saturated carbocycles. The molecule has 1 aromatic rings. The highest BCUT2D eigenvalue weighted by atomic mass is 32.2. The van der Waals surface area contributed by atoms with Gasteiger partial charge in [-0.3, -0.25) is 0 Å². The van der Waals surface area contributed by atoms with Crippen molar-refractivity contribution >= 4 is 15.7 Å². The molecule has 0 aliphatic carbocycles. The number of anilines is 1. The Morgan fingerprint density at radius 3 is 2.88 bits per heavy atom. The lowest BCUT2D eigenvalue weighted by molar-refractivity contribution is 0.398. The second-order valence-electron chi connectivity index (χ2n) is 3.04. The molecule has 0 bridgehead atoms. The average molecular weight is 245 g/mol. The molecule has 0 fully saturated rings. The Hall–Kier alpha value is -1.34. The van der Waals surface area contributed by atoms with Crippen molar-refractivity contribution in [1.82, 2.24) is 9.71 Å². The molecule has 0 spiro atoms. The molecular weight excluding hydrogens is 230 g/mol. The largest absolute Gasteiger partial charge is 0.481 e. The molecule has 1 aromatic heterocycles. The van der Waals surface area contributed by atoms with Crippen molar-refractivity contribution in [3.63, 3.8) is 0 Å². The molecule has 1 heterocycles. The molecule has 7 heteroatoms. The van der Waals surface area contributed by atoms with Crippen molar-refractivity contribution in [2.75, 3.05) is 31.8 Å². The standard InChI is InChI=1S/C9H15N3O3S/c1-10-16(13,14)6-5-11-8-3-4-12-9(7-8)15-2/h3-4,7,10H,5-6H2,1-2H3,(H,11,12). The normalized spacial score (nSPS) is 11.1. The molecule has 1 rings (SSSR count). The van der Waals surface area contributed by atoms with Gasteiger partial charge in [0.1, 0.15) is 0 Å². The van der Waals surface area contributed by atoms with Gasteiger partial charge < -0.3 is 10.1 Å². The van der Waals surface area contributed by atoms with E-state index in [1.54, 1.807) is 18.3 Å². The van der Waals surface area contributed by atoms with E-state index in [1.807, 2.05) is 0 Å². The number of rotatable bonds is 6. The predicted molar refractivity (Wildman–Crippen MR) is 62.1 cm³/mol. The third kappa shape index (κ3) is 4.03. The first kappa shape index (κ1) is 12.7. The lowest BCUT2D eigenvalue weighted by Gasteiger charge is -2.07. The Labute approximate surface area is 95.1 Å². The van der Waals surface area contributed by atoms with Crippen LogP contribution < -0.4 is 14.8 Å². The van der Waals surface area contributed by atoms with Crippen LogP contribution in [0.4, 0.5) is 5.69 Å². The highest BCUT2D eigenvalue weighted by Gasteiger charge is 2.05. The third-order valence-corrected chi connectivity index (χ3v) is 3.32. The smallest absolute Gasteiger partial charge is 0.214 e. The maximum absolute atomic E-state index is 11.1. The van der Waals surface area contributed by atoms with Crippen molar-refractivity contribution in [3.8, 4) is 5.88 Å². The summed E-state index contributed by atoms with van der Waals surface area (Å²) in [5, 5.41) is 2.97. The first-order valence-electron chi connectivity index (χ1n) is 4.72. The van der Waals surface area contributed by atoms with Crippen LogP contribution in [0.15, 0.2) is 18.3 Å². The Morgan fingerprint density at radius 1 is 1.50 bits per heavy atom. The van der Waals surface area contributed by atoms with Crippen molar-refractivity contribution in [2.45, 2.75) is 0 Å². The van der Waals surface area contributed by atoms with Crippen molar-refractivity contribution in [3.05, 3.63) is 18.3 Å². The van der Waals surface area contributed by atoms with Crippen LogP contribution in [-0.2, 0) is 10.0 Å². The van der Waals surface area contributed by atoms with Crippen molar-refractivity contribution < 1.29 is 13.2 Å². The fourth-order valence-electron chi connectivity index (χ4n) is 1.06. The number of pyridine rings is 1. The van der Waals surface area contributed by atoms with Gasteiger partial charge in [-0.05, 0) is 13.1 Å². The van der Waals surface area contributed by atoms with Gasteiger partial charge >= 0.3 is 0 Å². The Bertz CT molecular complexity index is 433. The van der Waals surface area contributed by atoms with E-state index in [2.05, 4.69) is 15.0 Å². The summed E-state index contributed by atoms with van der Waals surface area (Å²) in [6.45, 7) is 0.330. The number of nitrogens with one attached hydrogen (secondary N) is 2. The first-order valence-corrected chi connectivity index (χ1v) is 6.38. The molecule has 0 saturated heterocycles. The number of methoxy groups -OCH3 is 1. The van der Waals surface area contributed by atoms with E-state index in [1.165, 1.54) is 14.2 Å². The molecule has 16 heavy (non-hydrogen) atoms. The minimum Gasteiger partial charge on any atom is -0.481 e. The van der Waals surface area contributed by atoms with Gasteiger partial charge in [0.05, 0.1) is 12.9 Å². The molecule has 0 aromatic carbocycles. The van der Waals surface area contributed by atoms with Crippen LogP contribution >= 0.6 is 0 Å². The molecule has 6 nitrogen and oxygen atoms in total. The molecule has 0 aliphatic rings. The zero-order valence-electron chi connectivity index (χ0n) is 9.23. The van der Waals surface area contributed by atoms with E-state index in [0.717, 1.165) is 5.69 Å². The SMILES string of the molecule is CNS(=O)(=O)CCNc1ccnc(OC)c1. The van der Waals surface area contributed by atoms with E-state index in [4.69, 9.17) is 4.74 Å². The van der Waals surface area contributed by atoms with E-state index >= 15 is 0 Å². The number of ether oxygens (including phenoxy) is 1. The summed E-state index contributed by atoms with van der Waals surface area (Å²) in [7, 11) is -0.246.